The first-order chi connectivity index (χ1) is 15.1. The van der Waals surface area contributed by atoms with Crippen LogP contribution in [-0.2, 0) is 0 Å². The van der Waals surface area contributed by atoms with Gasteiger partial charge in [0, 0.05) is 0 Å². The Kier molecular flexibility index (Phi) is 7.48. The Bertz CT molecular complexity index is 626. The highest BCUT2D eigenvalue weighted by molar-refractivity contribution is 5.11. The number of fused-ring (bicyclic) bond motifs is 5. The molecule has 0 spiro atoms. The highest BCUT2D eigenvalue weighted by atomic mass is 16.3. The van der Waals surface area contributed by atoms with Crippen LogP contribution in [0.3, 0.4) is 0 Å². The first kappa shape index (κ1) is 25.1. The zero-order valence-electron chi connectivity index (χ0n) is 22.6. The zero-order valence-corrected chi connectivity index (χ0v) is 22.6. The molecule has 32 heavy (non-hydrogen) atoms. The molecule has 4 fully saturated rings. The molecular formula is C31H56O. The summed E-state index contributed by atoms with van der Waals surface area (Å²) in [5.41, 5.74) is 0.766. The minimum atomic E-state index is -0.347. The first-order valence-corrected chi connectivity index (χ1v) is 14.9. The summed E-state index contributed by atoms with van der Waals surface area (Å²) in [4.78, 5) is 0. The lowest BCUT2D eigenvalue weighted by Gasteiger charge is -2.62. The van der Waals surface area contributed by atoms with Crippen LogP contribution in [0.25, 0.3) is 0 Å². The normalized spacial score (nSPS) is 47.1. The van der Waals surface area contributed by atoms with Gasteiger partial charge in [0.05, 0.1) is 5.60 Å². The van der Waals surface area contributed by atoms with Gasteiger partial charge in [0.1, 0.15) is 0 Å². The summed E-state index contributed by atoms with van der Waals surface area (Å²) < 4.78 is 0. The Labute approximate surface area is 200 Å². The topological polar surface area (TPSA) is 20.2 Å². The highest BCUT2D eigenvalue weighted by Crippen LogP contribution is 2.69. The Morgan fingerprint density at radius 3 is 2.28 bits per heavy atom. The molecule has 9 unspecified atom stereocenters. The fourth-order valence-electron chi connectivity index (χ4n) is 10.1. The molecule has 0 saturated heterocycles. The molecule has 1 N–H and O–H groups in total. The minimum Gasteiger partial charge on any atom is -0.390 e. The fourth-order valence-corrected chi connectivity index (χ4v) is 10.1. The standard InChI is InChI=1S/C31H56O/c1-7-8-17-31(32)20-19-29(5)24(21-31)12-13-25-27-15-14-26(23(4)11-9-10-22(2)3)30(27,6)18-16-28(25)29/h22-28,32H,7-21H2,1-6H3. The Morgan fingerprint density at radius 1 is 0.812 bits per heavy atom. The Hall–Kier alpha value is -0.0400. The maximum absolute atomic E-state index is 11.3. The number of aliphatic hydroxyl groups is 1. The molecule has 9 atom stereocenters. The van der Waals surface area contributed by atoms with Crippen molar-refractivity contribution < 1.29 is 5.11 Å². The second-order valence-corrected chi connectivity index (χ2v) is 14.2. The van der Waals surface area contributed by atoms with Crippen LogP contribution in [0, 0.1) is 52.3 Å². The van der Waals surface area contributed by atoms with Gasteiger partial charge in [-0.25, -0.2) is 0 Å². The lowest BCUT2D eigenvalue weighted by molar-refractivity contribution is -0.154. The molecule has 4 aliphatic rings. The molecule has 0 aliphatic heterocycles. The smallest absolute Gasteiger partial charge is 0.0650 e. The van der Waals surface area contributed by atoms with Crippen molar-refractivity contribution in [1.29, 1.82) is 0 Å². The molecule has 0 bridgehead atoms. The largest absolute Gasteiger partial charge is 0.390 e. The van der Waals surface area contributed by atoms with E-state index in [0.717, 1.165) is 60.7 Å². The summed E-state index contributed by atoms with van der Waals surface area (Å²) in [7, 11) is 0. The second-order valence-electron chi connectivity index (χ2n) is 14.2. The van der Waals surface area contributed by atoms with Crippen molar-refractivity contribution in [3.05, 3.63) is 0 Å². The van der Waals surface area contributed by atoms with Crippen LogP contribution < -0.4 is 0 Å². The van der Waals surface area contributed by atoms with Crippen molar-refractivity contribution in [2.24, 2.45) is 52.3 Å². The van der Waals surface area contributed by atoms with Gasteiger partial charge < -0.3 is 5.11 Å². The van der Waals surface area contributed by atoms with E-state index in [1.807, 2.05) is 0 Å². The van der Waals surface area contributed by atoms with Crippen LogP contribution in [-0.4, -0.2) is 10.7 Å². The fraction of sp³-hybridized carbons (Fsp3) is 1.00. The molecule has 0 aromatic heterocycles. The maximum atomic E-state index is 11.3. The Morgan fingerprint density at radius 2 is 1.56 bits per heavy atom. The first-order valence-electron chi connectivity index (χ1n) is 14.9. The molecule has 0 aromatic rings. The second kappa shape index (κ2) is 9.54. The van der Waals surface area contributed by atoms with Crippen LogP contribution in [0.1, 0.15) is 138 Å². The molecular weight excluding hydrogens is 388 g/mol. The molecule has 0 aromatic carbocycles. The number of rotatable bonds is 8. The molecule has 0 amide bonds. The molecule has 4 aliphatic carbocycles. The lowest BCUT2D eigenvalue weighted by atomic mass is 9.43. The van der Waals surface area contributed by atoms with E-state index in [2.05, 4.69) is 41.5 Å². The van der Waals surface area contributed by atoms with Crippen molar-refractivity contribution in [2.75, 3.05) is 0 Å². The zero-order chi connectivity index (χ0) is 23.1. The summed E-state index contributed by atoms with van der Waals surface area (Å²) in [5, 5.41) is 11.3. The predicted octanol–water partition coefficient (Wildman–Crippen LogP) is 9.03. The van der Waals surface area contributed by atoms with Crippen LogP contribution in [0.2, 0.25) is 0 Å². The Balaban J connectivity index is 1.43. The van der Waals surface area contributed by atoms with E-state index in [1.165, 1.54) is 77.0 Å². The van der Waals surface area contributed by atoms with Crippen molar-refractivity contribution >= 4 is 0 Å². The summed E-state index contributed by atoms with van der Waals surface area (Å²) in [6, 6.07) is 0. The van der Waals surface area contributed by atoms with Crippen LogP contribution in [0.15, 0.2) is 0 Å². The van der Waals surface area contributed by atoms with E-state index in [0.29, 0.717) is 10.8 Å². The molecule has 4 rings (SSSR count). The average Bonchev–Trinajstić information content (AvgIpc) is 3.10. The van der Waals surface area contributed by atoms with Crippen molar-refractivity contribution in [3.63, 3.8) is 0 Å². The minimum absolute atomic E-state index is 0.347. The van der Waals surface area contributed by atoms with Gasteiger partial charge in [-0.05, 0) is 116 Å². The van der Waals surface area contributed by atoms with Gasteiger partial charge in [-0.2, -0.15) is 0 Å². The third kappa shape index (κ3) is 4.47. The van der Waals surface area contributed by atoms with Crippen LogP contribution in [0.5, 0.6) is 0 Å². The molecule has 186 valence electrons. The SMILES string of the molecule is CCCCC1(O)CCC2(C)C(CCC3C2CCC2(C)C(C(C)CCCC(C)C)CCC32)C1. The molecule has 1 heteroatoms. The van der Waals surface area contributed by atoms with E-state index in [-0.39, 0.29) is 5.60 Å². The van der Waals surface area contributed by atoms with Gasteiger partial charge in [-0.3, -0.25) is 0 Å². The average molecular weight is 445 g/mol. The van der Waals surface area contributed by atoms with E-state index in [1.54, 1.807) is 0 Å². The van der Waals surface area contributed by atoms with Gasteiger partial charge in [-0.15, -0.1) is 0 Å². The van der Waals surface area contributed by atoms with Gasteiger partial charge in [0.15, 0.2) is 0 Å². The maximum Gasteiger partial charge on any atom is 0.0650 e. The molecule has 1 nitrogen and oxygen atoms in total. The number of hydrogen-bond donors (Lipinski definition) is 1. The van der Waals surface area contributed by atoms with E-state index in [9.17, 15) is 5.11 Å². The summed E-state index contributed by atoms with van der Waals surface area (Å²) in [6.45, 7) is 15.0. The van der Waals surface area contributed by atoms with Gasteiger partial charge in [0.2, 0.25) is 0 Å². The van der Waals surface area contributed by atoms with Crippen LogP contribution >= 0.6 is 0 Å². The molecule has 0 radical (unpaired) electrons. The van der Waals surface area contributed by atoms with Gasteiger partial charge in [-0.1, -0.05) is 73.6 Å². The summed E-state index contributed by atoms with van der Waals surface area (Å²) >= 11 is 0. The van der Waals surface area contributed by atoms with Crippen molar-refractivity contribution in [1.82, 2.24) is 0 Å². The molecule has 0 heterocycles. The molecule has 4 saturated carbocycles. The number of unbranched alkanes of at least 4 members (excludes halogenated alkanes) is 1. The summed E-state index contributed by atoms with van der Waals surface area (Å²) in [6.07, 6.45) is 20.1. The number of hydrogen-bond acceptors (Lipinski definition) is 1. The highest BCUT2D eigenvalue weighted by Gasteiger charge is 2.61. The lowest BCUT2D eigenvalue weighted by Crippen LogP contribution is -2.56. The third-order valence-electron chi connectivity index (χ3n) is 12.0. The third-order valence-corrected chi connectivity index (χ3v) is 12.0. The summed E-state index contributed by atoms with van der Waals surface area (Å²) in [5.74, 6) is 6.41. The van der Waals surface area contributed by atoms with Gasteiger partial charge in [0.25, 0.3) is 0 Å². The predicted molar refractivity (Wildman–Crippen MR) is 138 cm³/mol. The van der Waals surface area contributed by atoms with Crippen molar-refractivity contribution in [3.8, 4) is 0 Å². The monoisotopic (exact) mass is 444 g/mol. The van der Waals surface area contributed by atoms with Crippen molar-refractivity contribution in [2.45, 2.75) is 143 Å². The van der Waals surface area contributed by atoms with E-state index < -0.39 is 0 Å². The van der Waals surface area contributed by atoms with Gasteiger partial charge >= 0.3 is 0 Å². The van der Waals surface area contributed by atoms with E-state index >= 15 is 0 Å². The van der Waals surface area contributed by atoms with Crippen LogP contribution in [0.4, 0.5) is 0 Å². The van der Waals surface area contributed by atoms with E-state index in [4.69, 9.17) is 0 Å². The quantitative estimate of drug-likeness (QED) is 0.396.